The molecule has 134 valence electrons. The van der Waals surface area contributed by atoms with E-state index in [1.165, 1.54) is 6.21 Å². The van der Waals surface area contributed by atoms with E-state index < -0.39 is 0 Å². The second-order valence-electron chi connectivity index (χ2n) is 6.21. The molecule has 1 heterocycles. The minimum atomic E-state index is -0.313. The minimum Gasteiger partial charge on any atom is -0.507 e. The van der Waals surface area contributed by atoms with Crippen molar-refractivity contribution in [3.8, 4) is 5.75 Å². The van der Waals surface area contributed by atoms with Gasteiger partial charge < -0.3 is 9.67 Å². The highest BCUT2D eigenvalue weighted by Crippen LogP contribution is 2.28. The van der Waals surface area contributed by atoms with Gasteiger partial charge in [-0.3, -0.25) is 4.79 Å². The number of nitrogens with one attached hydrogen (secondary N) is 1. The van der Waals surface area contributed by atoms with Gasteiger partial charge in [0.25, 0.3) is 5.91 Å². The fourth-order valence-electron chi connectivity index (χ4n) is 3.17. The number of hydrazone groups is 1. The lowest BCUT2D eigenvalue weighted by molar-refractivity contribution is 0.0947. The number of halogens is 1. The number of aromatic nitrogens is 1. The summed E-state index contributed by atoms with van der Waals surface area (Å²) < 4.78 is 2.78. The molecule has 0 aliphatic heterocycles. The van der Waals surface area contributed by atoms with E-state index in [0.29, 0.717) is 11.3 Å². The molecule has 0 saturated carbocycles. The van der Waals surface area contributed by atoms with Crippen molar-refractivity contribution in [3.63, 3.8) is 0 Å². The monoisotopic (exact) mass is 421 g/mol. The molecule has 0 aliphatic rings. The third kappa shape index (κ3) is 3.19. The number of amides is 1. The third-order valence-electron chi connectivity index (χ3n) is 4.54. The zero-order valence-corrected chi connectivity index (χ0v) is 16.1. The lowest BCUT2D eigenvalue weighted by atomic mass is 10.0. The average Bonchev–Trinajstić information content (AvgIpc) is 3.00. The first kappa shape index (κ1) is 17.3. The number of phenolic OH excluding ortho intramolecular Hbond substituents is 1. The Morgan fingerprint density at radius 1 is 1.11 bits per heavy atom. The van der Waals surface area contributed by atoms with Crippen molar-refractivity contribution < 1.29 is 9.90 Å². The molecule has 0 saturated heterocycles. The van der Waals surface area contributed by atoms with E-state index in [1.807, 2.05) is 66.2 Å². The third-order valence-corrected chi connectivity index (χ3v) is 5.04. The Bertz CT molecular complexity index is 1210. The molecular formula is C21H16BrN3O2. The van der Waals surface area contributed by atoms with Gasteiger partial charge in [-0.1, -0.05) is 46.3 Å². The molecular weight excluding hydrogens is 406 g/mol. The van der Waals surface area contributed by atoms with Crippen molar-refractivity contribution in [2.24, 2.45) is 12.1 Å². The SMILES string of the molecule is Cn1c(C(=O)N/N=C/c2c(O)ccc3cc(Br)ccc23)cc2ccccc21. The van der Waals surface area contributed by atoms with Gasteiger partial charge in [-0.25, -0.2) is 5.43 Å². The molecule has 27 heavy (non-hydrogen) atoms. The van der Waals surface area contributed by atoms with Crippen molar-refractivity contribution in [1.82, 2.24) is 9.99 Å². The van der Waals surface area contributed by atoms with Gasteiger partial charge in [-0.15, -0.1) is 0 Å². The van der Waals surface area contributed by atoms with E-state index in [0.717, 1.165) is 26.1 Å². The van der Waals surface area contributed by atoms with E-state index in [9.17, 15) is 9.90 Å². The van der Waals surface area contributed by atoms with Crippen molar-refractivity contribution in [2.75, 3.05) is 0 Å². The molecule has 2 N–H and O–H groups in total. The fraction of sp³-hybridized carbons (Fsp3) is 0.0476. The molecule has 0 radical (unpaired) electrons. The normalized spacial score (nSPS) is 11.5. The Hall–Kier alpha value is -3.12. The molecule has 6 heteroatoms. The Kier molecular flexibility index (Phi) is 4.41. The maximum absolute atomic E-state index is 12.5. The highest BCUT2D eigenvalue weighted by molar-refractivity contribution is 9.10. The van der Waals surface area contributed by atoms with Gasteiger partial charge in [0.1, 0.15) is 11.4 Å². The van der Waals surface area contributed by atoms with Crippen LogP contribution in [-0.4, -0.2) is 21.8 Å². The number of aryl methyl sites for hydroxylation is 1. The summed E-state index contributed by atoms with van der Waals surface area (Å²) in [6.07, 6.45) is 1.46. The Labute approximate surface area is 164 Å². The molecule has 4 rings (SSSR count). The summed E-state index contributed by atoms with van der Waals surface area (Å²) in [7, 11) is 1.84. The van der Waals surface area contributed by atoms with Gasteiger partial charge in [0.2, 0.25) is 0 Å². The van der Waals surface area contributed by atoms with Crippen LogP contribution in [0.2, 0.25) is 0 Å². The van der Waals surface area contributed by atoms with E-state index in [4.69, 9.17) is 0 Å². The Morgan fingerprint density at radius 2 is 1.93 bits per heavy atom. The molecule has 0 spiro atoms. The van der Waals surface area contributed by atoms with Crippen LogP contribution in [0.3, 0.4) is 0 Å². The summed E-state index contributed by atoms with van der Waals surface area (Å²) >= 11 is 3.44. The zero-order chi connectivity index (χ0) is 19.0. The topological polar surface area (TPSA) is 66.6 Å². The Balaban J connectivity index is 1.62. The number of carbonyl (C=O) groups excluding carboxylic acids is 1. The molecule has 0 atom stereocenters. The number of benzene rings is 3. The lowest BCUT2D eigenvalue weighted by Gasteiger charge is -2.06. The molecule has 0 fully saturated rings. The van der Waals surface area contributed by atoms with Crippen LogP contribution in [-0.2, 0) is 7.05 Å². The van der Waals surface area contributed by atoms with Crippen LogP contribution < -0.4 is 5.43 Å². The van der Waals surface area contributed by atoms with Crippen molar-refractivity contribution in [2.45, 2.75) is 0 Å². The smallest absolute Gasteiger partial charge is 0.287 e. The predicted octanol–water partition coefficient (Wildman–Crippen LogP) is 4.56. The second-order valence-corrected chi connectivity index (χ2v) is 7.13. The molecule has 5 nitrogen and oxygen atoms in total. The first-order chi connectivity index (χ1) is 13.0. The maximum Gasteiger partial charge on any atom is 0.287 e. The summed E-state index contributed by atoms with van der Waals surface area (Å²) in [6.45, 7) is 0. The van der Waals surface area contributed by atoms with Gasteiger partial charge in [0.05, 0.1) is 6.21 Å². The van der Waals surface area contributed by atoms with Crippen LogP contribution >= 0.6 is 15.9 Å². The fourth-order valence-corrected chi connectivity index (χ4v) is 3.55. The van der Waals surface area contributed by atoms with Gasteiger partial charge in [0, 0.05) is 28.0 Å². The molecule has 1 amide bonds. The second kappa shape index (κ2) is 6.89. The van der Waals surface area contributed by atoms with Crippen LogP contribution in [0.5, 0.6) is 5.75 Å². The summed E-state index contributed by atoms with van der Waals surface area (Å²) in [5.74, 6) is -0.208. The van der Waals surface area contributed by atoms with Gasteiger partial charge in [-0.05, 0) is 41.1 Å². The quantitative estimate of drug-likeness (QED) is 0.376. The van der Waals surface area contributed by atoms with Crippen molar-refractivity contribution in [3.05, 3.63) is 76.4 Å². The van der Waals surface area contributed by atoms with E-state index in [2.05, 4.69) is 26.5 Å². The molecule has 0 bridgehead atoms. The van der Waals surface area contributed by atoms with Gasteiger partial charge in [-0.2, -0.15) is 5.10 Å². The molecule has 0 unspecified atom stereocenters. The summed E-state index contributed by atoms with van der Waals surface area (Å²) in [5.41, 5.74) is 4.58. The van der Waals surface area contributed by atoms with Crippen molar-refractivity contribution >= 4 is 49.7 Å². The van der Waals surface area contributed by atoms with Crippen LogP contribution in [0.1, 0.15) is 16.1 Å². The summed E-state index contributed by atoms with van der Waals surface area (Å²) in [4.78, 5) is 12.5. The number of rotatable bonds is 3. The highest BCUT2D eigenvalue weighted by Gasteiger charge is 2.12. The van der Waals surface area contributed by atoms with E-state index in [1.54, 1.807) is 6.07 Å². The number of nitrogens with zero attached hydrogens (tertiary/aromatic N) is 2. The number of hydrogen-bond acceptors (Lipinski definition) is 3. The number of carbonyl (C=O) groups is 1. The molecule has 3 aromatic carbocycles. The average molecular weight is 422 g/mol. The first-order valence-electron chi connectivity index (χ1n) is 8.34. The van der Waals surface area contributed by atoms with E-state index >= 15 is 0 Å². The minimum absolute atomic E-state index is 0.104. The van der Waals surface area contributed by atoms with Crippen molar-refractivity contribution in [1.29, 1.82) is 0 Å². The van der Waals surface area contributed by atoms with Crippen LogP contribution in [0.25, 0.3) is 21.7 Å². The maximum atomic E-state index is 12.5. The lowest BCUT2D eigenvalue weighted by Crippen LogP contribution is -2.20. The molecule has 1 aromatic heterocycles. The summed E-state index contributed by atoms with van der Waals surface area (Å²) in [6, 6.07) is 18.8. The number of phenols is 1. The Morgan fingerprint density at radius 3 is 2.74 bits per heavy atom. The summed E-state index contributed by atoms with van der Waals surface area (Å²) in [5, 5.41) is 17.0. The van der Waals surface area contributed by atoms with Crippen LogP contribution in [0.15, 0.2) is 70.2 Å². The van der Waals surface area contributed by atoms with Crippen LogP contribution in [0.4, 0.5) is 0 Å². The van der Waals surface area contributed by atoms with Gasteiger partial charge >= 0.3 is 0 Å². The molecule has 0 aliphatic carbocycles. The highest BCUT2D eigenvalue weighted by atomic mass is 79.9. The first-order valence-corrected chi connectivity index (χ1v) is 9.13. The number of aromatic hydroxyl groups is 1. The largest absolute Gasteiger partial charge is 0.507 e. The number of para-hydroxylation sites is 1. The van der Waals surface area contributed by atoms with Gasteiger partial charge in [0.15, 0.2) is 0 Å². The standard InChI is InChI=1S/C21H16BrN3O2/c1-25-18-5-3-2-4-14(18)11-19(25)21(27)24-23-12-17-16-8-7-15(22)10-13(16)6-9-20(17)26/h2-12,26H,1H3,(H,24,27)/b23-12+. The zero-order valence-electron chi connectivity index (χ0n) is 14.5. The predicted molar refractivity (Wildman–Crippen MR) is 111 cm³/mol. The number of hydrogen-bond donors (Lipinski definition) is 2. The molecule has 4 aromatic rings. The number of fused-ring (bicyclic) bond motifs is 2. The van der Waals surface area contributed by atoms with E-state index in [-0.39, 0.29) is 11.7 Å². The van der Waals surface area contributed by atoms with Crippen LogP contribution in [0, 0.1) is 0 Å².